The van der Waals surface area contributed by atoms with Crippen LogP contribution >= 0.6 is 12.4 Å². The lowest BCUT2D eigenvalue weighted by molar-refractivity contribution is 0.419. The van der Waals surface area contributed by atoms with E-state index in [4.69, 9.17) is 9.84 Å². The zero-order valence-corrected chi connectivity index (χ0v) is 19.1. The minimum Gasteiger partial charge on any atom is -0.495 e. The summed E-state index contributed by atoms with van der Waals surface area (Å²) in [5.41, 5.74) is 9.84. The highest BCUT2D eigenvalue weighted by atomic mass is 35.5. The number of methoxy groups -OCH3 is 1. The first-order valence-electron chi connectivity index (χ1n) is 10.8. The van der Waals surface area contributed by atoms with Crippen LogP contribution in [0.5, 0.6) is 5.75 Å². The van der Waals surface area contributed by atoms with E-state index in [1.165, 1.54) is 39.3 Å². The van der Waals surface area contributed by atoms with E-state index in [2.05, 4.69) is 65.2 Å². The molecule has 6 heteroatoms. The zero-order chi connectivity index (χ0) is 20.7. The fourth-order valence-electron chi connectivity index (χ4n) is 4.73. The lowest BCUT2D eigenvalue weighted by Gasteiger charge is -2.18. The topological polar surface area (TPSA) is 54.9 Å². The molecule has 3 heterocycles. The molecule has 1 aliphatic heterocycles. The van der Waals surface area contributed by atoms with Crippen molar-refractivity contribution in [2.75, 3.05) is 13.7 Å². The molecule has 2 aromatic carbocycles. The third-order valence-corrected chi connectivity index (χ3v) is 6.24. The van der Waals surface area contributed by atoms with Gasteiger partial charge < -0.3 is 15.0 Å². The minimum absolute atomic E-state index is 0. The highest BCUT2D eigenvalue weighted by Crippen LogP contribution is 2.39. The average molecular weight is 437 g/mol. The lowest BCUT2D eigenvalue weighted by Crippen LogP contribution is -2.23. The van der Waals surface area contributed by atoms with Crippen LogP contribution in [-0.4, -0.2) is 28.4 Å². The molecule has 0 saturated heterocycles. The maximum Gasteiger partial charge on any atom is 0.142 e. The molecule has 0 aliphatic carbocycles. The number of hydrogen-bond acceptors (Lipinski definition) is 3. The van der Waals surface area contributed by atoms with Crippen LogP contribution in [0.25, 0.3) is 27.8 Å². The number of ether oxygens (including phenoxy) is 1. The van der Waals surface area contributed by atoms with E-state index in [1.54, 1.807) is 7.11 Å². The van der Waals surface area contributed by atoms with E-state index in [9.17, 15) is 0 Å². The van der Waals surface area contributed by atoms with Gasteiger partial charge in [-0.2, -0.15) is 5.10 Å². The molecular weight excluding hydrogens is 408 g/mol. The minimum atomic E-state index is 0. The summed E-state index contributed by atoms with van der Waals surface area (Å²) in [7, 11) is 1.72. The van der Waals surface area contributed by atoms with Gasteiger partial charge in [0, 0.05) is 42.2 Å². The van der Waals surface area contributed by atoms with E-state index in [1.807, 2.05) is 6.20 Å². The first-order valence-corrected chi connectivity index (χ1v) is 10.8. The Morgan fingerprint density at radius 1 is 1.06 bits per heavy atom. The summed E-state index contributed by atoms with van der Waals surface area (Å²) in [6.07, 6.45) is 4.90. The summed E-state index contributed by atoms with van der Waals surface area (Å²) in [6.45, 7) is 6.27. The molecule has 0 amide bonds. The van der Waals surface area contributed by atoms with Crippen LogP contribution in [0.1, 0.15) is 36.2 Å². The molecule has 4 aromatic rings. The number of halogens is 1. The molecular formula is C25H29ClN4O. The molecule has 2 N–H and O–H groups in total. The number of aromatic amines is 1. The fourth-order valence-corrected chi connectivity index (χ4v) is 4.73. The number of fused-ring (bicyclic) bond motifs is 2. The molecule has 0 bridgehead atoms. The van der Waals surface area contributed by atoms with Crippen molar-refractivity contribution in [3.63, 3.8) is 0 Å². The Hall–Kier alpha value is -2.76. The second kappa shape index (κ2) is 8.77. The summed E-state index contributed by atoms with van der Waals surface area (Å²) < 4.78 is 7.82. The summed E-state index contributed by atoms with van der Waals surface area (Å²) >= 11 is 0. The maximum atomic E-state index is 5.59. The Labute approximate surface area is 189 Å². The Bertz CT molecular complexity index is 1200. The number of rotatable bonds is 5. The van der Waals surface area contributed by atoms with Crippen LogP contribution in [0.2, 0.25) is 0 Å². The number of nitrogens with zero attached hydrogens (tertiary/aromatic N) is 2. The van der Waals surface area contributed by atoms with Crippen molar-refractivity contribution in [3.05, 3.63) is 65.0 Å². The molecule has 0 fully saturated rings. The molecule has 0 radical (unpaired) electrons. The normalized spacial score (nSPS) is 13.1. The molecule has 162 valence electrons. The van der Waals surface area contributed by atoms with Crippen LogP contribution < -0.4 is 10.1 Å². The Balaban J connectivity index is 0.00000231. The Morgan fingerprint density at radius 2 is 1.84 bits per heavy atom. The van der Waals surface area contributed by atoms with Crippen molar-refractivity contribution in [2.45, 2.75) is 39.7 Å². The second-order valence-corrected chi connectivity index (χ2v) is 7.83. The van der Waals surface area contributed by atoms with E-state index < -0.39 is 0 Å². The number of benzene rings is 2. The zero-order valence-electron chi connectivity index (χ0n) is 18.3. The first kappa shape index (κ1) is 21.5. The summed E-state index contributed by atoms with van der Waals surface area (Å²) in [4.78, 5) is 3.36. The third kappa shape index (κ3) is 3.42. The van der Waals surface area contributed by atoms with Gasteiger partial charge in [0.1, 0.15) is 5.75 Å². The monoisotopic (exact) mass is 436 g/mol. The van der Waals surface area contributed by atoms with Crippen LogP contribution in [-0.2, 0) is 25.8 Å². The quantitative estimate of drug-likeness (QED) is 0.451. The van der Waals surface area contributed by atoms with Gasteiger partial charge in [0.2, 0.25) is 0 Å². The first-order chi connectivity index (χ1) is 14.8. The summed E-state index contributed by atoms with van der Waals surface area (Å²) in [6, 6.07) is 13.0. The summed E-state index contributed by atoms with van der Waals surface area (Å²) in [5.74, 6) is 0.861. The van der Waals surface area contributed by atoms with Crippen molar-refractivity contribution in [3.8, 4) is 22.7 Å². The van der Waals surface area contributed by atoms with Crippen molar-refractivity contribution >= 4 is 23.3 Å². The van der Waals surface area contributed by atoms with Crippen molar-refractivity contribution in [1.29, 1.82) is 0 Å². The molecule has 1 aliphatic rings. The van der Waals surface area contributed by atoms with Crippen molar-refractivity contribution in [2.24, 2.45) is 0 Å². The van der Waals surface area contributed by atoms with Crippen molar-refractivity contribution in [1.82, 2.24) is 20.1 Å². The Kier molecular flexibility index (Phi) is 6.08. The average Bonchev–Trinajstić information content (AvgIpc) is 3.43. The van der Waals surface area contributed by atoms with Gasteiger partial charge in [0.05, 0.1) is 29.7 Å². The molecule has 0 atom stereocenters. The maximum absolute atomic E-state index is 5.59. The van der Waals surface area contributed by atoms with Crippen LogP contribution in [0.15, 0.2) is 42.6 Å². The predicted molar refractivity (Wildman–Crippen MR) is 129 cm³/mol. The number of para-hydroxylation sites is 1. The molecule has 2 aromatic heterocycles. The van der Waals surface area contributed by atoms with Gasteiger partial charge >= 0.3 is 0 Å². The van der Waals surface area contributed by atoms with Gasteiger partial charge in [0.25, 0.3) is 0 Å². The van der Waals surface area contributed by atoms with Gasteiger partial charge in [-0.15, -0.1) is 12.4 Å². The molecule has 0 saturated carbocycles. The molecule has 5 rings (SSSR count). The van der Waals surface area contributed by atoms with Gasteiger partial charge in [-0.1, -0.05) is 32.0 Å². The van der Waals surface area contributed by atoms with E-state index >= 15 is 0 Å². The van der Waals surface area contributed by atoms with Crippen molar-refractivity contribution < 1.29 is 4.74 Å². The highest BCUT2D eigenvalue weighted by Gasteiger charge is 2.26. The SMILES string of the molecule is CCc1cccc(CC)c1-n1nc2c(c1-c1ccc(OC)c3[nH]ccc13)CNCC2.Cl. The molecule has 0 spiro atoms. The van der Waals surface area contributed by atoms with Crippen LogP contribution in [0.4, 0.5) is 0 Å². The van der Waals surface area contributed by atoms with E-state index in [0.29, 0.717) is 0 Å². The smallest absolute Gasteiger partial charge is 0.142 e. The largest absolute Gasteiger partial charge is 0.495 e. The lowest BCUT2D eigenvalue weighted by atomic mass is 9.98. The van der Waals surface area contributed by atoms with E-state index in [-0.39, 0.29) is 12.4 Å². The number of aromatic nitrogens is 3. The van der Waals surface area contributed by atoms with Crippen LogP contribution in [0.3, 0.4) is 0 Å². The number of nitrogens with one attached hydrogen (secondary N) is 2. The highest BCUT2D eigenvalue weighted by molar-refractivity contribution is 5.98. The molecule has 5 nitrogen and oxygen atoms in total. The third-order valence-electron chi connectivity index (χ3n) is 6.24. The number of hydrogen-bond donors (Lipinski definition) is 2. The number of H-pyrrole nitrogens is 1. The van der Waals surface area contributed by atoms with E-state index in [0.717, 1.165) is 49.0 Å². The van der Waals surface area contributed by atoms with Gasteiger partial charge in [0.15, 0.2) is 0 Å². The predicted octanol–water partition coefficient (Wildman–Crippen LogP) is 5.22. The van der Waals surface area contributed by atoms with Crippen LogP contribution in [0, 0.1) is 0 Å². The van der Waals surface area contributed by atoms with Gasteiger partial charge in [-0.25, -0.2) is 4.68 Å². The number of aryl methyl sites for hydroxylation is 2. The molecule has 31 heavy (non-hydrogen) atoms. The second-order valence-electron chi connectivity index (χ2n) is 7.83. The van der Waals surface area contributed by atoms with Gasteiger partial charge in [-0.05, 0) is 42.2 Å². The van der Waals surface area contributed by atoms with Gasteiger partial charge in [-0.3, -0.25) is 0 Å². The summed E-state index contributed by atoms with van der Waals surface area (Å²) in [5, 5.41) is 9.90. The standard InChI is InChI=1S/C25H28N4O.ClH/c1-4-16-7-6-8-17(5-2)24(16)29-25(20-15-26-13-12-21(20)28-29)19-9-10-22(30-3)23-18(19)11-14-27-23;/h6-11,14,26-27H,4-5,12-13,15H2,1-3H3;1H. The Morgan fingerprint density at radius 3 is 2.55 bits per heavy atom. The molecule has 0 unspecified atom stereocenters. The fraction of sp³-hybridized carbons (Fsp3) is 0.320.